The smallest absolute Gasteiger partial charge is 0.244 e. The molecule has 1 heterocycles. The van der Waals surface area contributed by atoms with Crippen molar-refractivity contribution in [3.63, 3.8) is 0 Å². The van der Waals surface area contributed by atoms with Gasteiger partial charge in [0.05, 0.1) is 6.33 Å². The van der Waals surface area contributed by atoms with Crippen LogP contribution in [0.4, 0.5) is 0 Å². The van der Waals surface area contributed by atoms with E-state index in [9.17, 15) is 24.0 Å². The van der Waals surface area contributed by atoms with Crippen LogP contribution in [0.5, 0.6) is 0 Å². The lowest BCUT2D eigenvalue weighted by Gasteiger charge is -2.24. The third-order valence-corrected chi connectivity index (χ3v) is 5.65. The monoisotopic (exact) mass is 524 g/mol. The predicted molar refractivity (Wildman–Crippen MR) is 133 cm³/mol. The van der Waals surface area contributed by atoms with Crippen molar-refractivity contribution in [2.24, 2.45) is 23.3 Å². The number of nitrogens with two attached hydrogens (primary N) is 2. The summed E-state index contributed by atoms with van der Waals surface area (Å²) in [6, 6.07) is -3.09. The Labute approximate surface area is 216 Å². The van der Waals surface area contributed by atoms with Crippen molar-refractivity contribution in [3.8, 4) is 0 Å². The molecule has 37 heavy (non-hydrogen) atoms. The van der Waals surface area contributed by atoms with Gasteiger partial charge in [0, 0.05) is 30.7 Å². The molecule has 1 aromatic rings. The van der Waals surface area contributed by atoms with Crippen LogP contribution < -0.4 is 32.9 Å². The summed E-state index contributed by atoms with van der Waals surface area (Å²) in [6.07, 6.45) is 4.60. The zero-order chi connectivity index (χ0) is 28.0. The number of hydrogen-bond donors (Lipinski definition) is 8. The minimum absolute atomic E-state index is 0.0408. The van der Waals surface area contributed by atoms with Crippen LogP contribution >= 0.6 is 0 Å². The Morgan fingerprint density at radius 3 is 2.22 bits per heavy atom. The van der Waals surface area contributed by atoms with Gasteiger partial charge in [-0.25, -0.2) is 10.5 Å². The number of hydroxylamine groups is 1. The highest BCUT2D eigenvalue weighted by Crippen LogP contribution is 2.16. The number of unbranched alkanes of at least 4 members (excludes halogenated alkanes) is 1. The second kappa shape index (κ2) is 16.3. The van der Waals surface area contributed by atoms with Crippen molar-refractivity contribution >= 4 is 29.5 Å². The highest BCUT2D eigenvalue weighted by atomic mass is 16.5. The lowest BCUT2D eigenvalue weighted by Crippen LogP contribution is -2.56. The van der Waals surface area contributed by atoms with E-state index in [0.717, 1.165) is 0 Å². The van der Waals surface area contributed by atoms with Gasteiger partial charge in [0.1, 0.15) is 18.1 Å². The number of imidazole rings is 1. The van der Waals surface area contributed by atoms with Crippen molar-refractivity contribution in [1.29, 1.82) is 0 Å². The molecule has 0 unspecified atom stereocenters. The van der Waals surface area contributed by atoms with Crippen molar-refractivity contribution in [3.05, 3.63) is 18.2 Å². The molecule has 0 radical (unpaired) electrons. The van der Waals surface area contributed by atoms with Crippen LogP contribution in [0.3, 0.4) is 0 Å². The Morgan fingerprint density at radius 2 is 1.68 bits per heavy atom. The average molecular weight is 525 g/mol. The lowest BCUT2D eigenvalue weighted by molar-refractivity contribution is -0.137. The average Bonchev–Trinajstić information content (AvgIpc) is 3.35. The van der Waals surface area contributed by atoms with E-state index in [1.54, 1.807) is 0 Å². The van der Waals surface area contributed by atoms with Crippen LogP contribution in [0, 0.1) is 11.8 Å². The van der Waals surface area contributed by atoms with Gasteiger partial charge in [-0.2, -0.15) is 0 Å². The molecular formula is C23H40N8O6. The first kappa shape index (κ1) is 31.5. The van der Waals surface area contributed by atoms with Gasteiger partial charge in [-0.05, 0) is 45.1 Å². The van der Waals surface area contributed by atoms with Crippen molar-refractivity contribution < 1.29 is 29.2 Å². The van der Waals surface area contributed by atoms with Crippen LogP contribution in [0.2, 0.25) is 0 Å². The van der Waals surface area contributed by atoms with E-state index in [2.05, 4.69) is 25.9 Å². The van der Waals surface area contributed by atoms with Crippen LogP contribution in [0.15, 0.2) is 12.5 Å². The van der Waals surface area contributed by atoms with E-state index < -0.39 is 53.6 Å². The quantitative estimate of drug-likeness (QED) is 0.0683. The van der Waals surface area contributed by atoms with Gasteiger partial charge in [-0.3, -0.25) is 29.2 Å². The summed E-state index contributed by atoms with van der Waals surface area (Å²) < 4.78 is 0. The number of nitrogens with zero attached hydrogens (tertiary/aromatic N) is 1. The van der Waals surface area contributed by atoms with Gasteiger partial charge in [-0.15, -0.1) is 0 Å². The maximum absolute atomic E-state index is 13.0. The predicted octanol–water partition coefficient (Wildman–Crippen LogP) is -1.40. The number of aromatic amines is 1. The summed E-state index contributed by atoms with van der Waals surface area (Å²) in [5.41, 5.74) is 13.0. The maximum atomic E-state index is 13.0. The molecule has 5 amide bonds. The molecule has 0 aliphatic heterocycles. The molecule has 0 saturated heterocycles. The summed E-state index contributed by atoms with van der Waals surface area (Å²) >= 11 is 0. The van der Waals surface area contributed by atoms with E-state index >= 15 is 0 Å². The molecule has 0 bridgehead atoms. The number of amides is 5. The lowest BCUT2D eigenvalue weighted by atomic mass is 9.93. The molecule has 0 fully saturated rings. The summed E-state index contributed by atoms with van der Waals surface area (Å²) in [5.74, 6) is -3.93. The zero-order valence-corrected chi connectivity index (χ0v) is 21.6. The Hall–Kier alpha value is -3.52. The first-order valence-corrected chi connectivity index (χ1v) is 12.3. The Balaban J connectivity index is 2.92. The largest absolute Gasteiger partial charge is 0.368 e. The second-order valence-corrected chi connectivity index (χ2v) is 9.39. The topological polar surface area (TPSA) is 234 Å². The third kappa shape index (κ3) is 11.8. The molecule has 0 aliphatic rings. The molecular weight excluding hydrogens is 484 g/mol. The van der Waals surface area contributed by atoms with Gasteiger partial charge < -0.3 is 32.4 Å². The van der Waals surface area contributed by atoms with Gasteiger partial charge in [0.25, 0.3) is 0 Å². The van der Waals surface area contributed by atoms with Crippen molar-refractivity contribution in [2.45, 2.75) is 77.4 Å². The molecule has 0 saturated carbocycles. The Morgan fingerprint density at radius 1 is 1.00 bits per heavy atom. The highest BCUT2D eigenvalue weighted by Gasteiger charge is 2.30. The van der Waals surface area contributed by atoms with Crippen LogP contribution in [-0.4, -0.2) is 69.4 Å². The number of rotatable bonds is 17. The number of carbonyl (C=O) groups is 5. The minimum atomic E-state index is -1.10. The molecule has 0 aliphatic carbocycles. The first-order chi connectivity index (χ1) is 17.5. The summed E-state index contributed by atoms with van der Waals surface area (Å²) in [5, 5.41) is 16.5. The van der Waals surface area contributed by atoms with Crippen LogP contribution in [-0.2, 0) is 30.4 Å². The fourth-order valence-corrected chi connectivity index (χ4v) is 3.69. The van der Waals surface area contributed by atoms with E-state index in [1.165, 1.54) is 24.9 Å². The van der Waals surface area contributed by atoms with E-state index in [-0.39, 0.29) is 18.8 Å². The number of nitrogens with one attached hydrogen (secondary N) is 5. The molecule has 14 nitrogen and oxygen atoms in total. The standard InChI is InChI=1S/C23H40N8O6/c1-13(2)8-15(9-19(32)31-37)22(35)28-14(3)21(34)30-18(10-16-11-26-12-27-16)23(36)29-17(20(25)33)6-4-5-7-24/h11-15,17-18,37H,4-10,24H2,1-3H3,(H2,25,33)(H,26,27)(H,28,35)(H,29,36)(H,30,34)(H,31,32)/t14-,15+,17-,18-/m0/s1. The van der Waals surface area contributed by atoms with E-state index in [0.29, 0.717) is 37.9 Å². The van der Waals surface area contributed by atoms with Crippen LogP contribution in [0.25, 0.3) is 0 Å². The van der Waals surface area contributed by atoms with Crippen molar-refractivity contribution in [2.75, 3.05) is 6.54 Å². The first-order valence-electron chi connectivity index (χ1n) is 12.3. The minimum Gasteiger partial charge on any atom is -0.368 e. The Bertz CT molecular complexity index is 892. The number of aromatic nitrogens is 2. The summed E-state index contributed by atoms with van der Waals surface area (Å²) in [7, 11) is 0. The number of carbonyl (C=O) groups excluding carboxylic acids is 5. The highest BCUT2D eigenvalue weighted by molar-refractivity contribution is 5.94. The SMILES string of the molecule is CC(C)C[C@H](CC(=O)NO)C(=O)N[C@@H](C)C(=O)N[C@@H](Cc1cnc[nH]1)C(=O)N[C@@H](CCCCN)C(N)=O. The molecule has 1 rings (SSSR count). The number of primary amides is 1. The van der Waals surface area contributed by atoms with Gasteiger partial charge in [0.2, 0.25) is 29.5 Å². The molecule has 10 N–H and O–H groups in total. The second-order valence-electron chi connectivity index (χ2n) is 9.39. The van der Waals surface area contributed by atoms with Gasteiger partial charge >= 0.3 is 0 Å². The molecule has 14 heteroatoms. The normalized spacial score (nSPS) is 14.2. The summed E-state index contributed by atoms with van der Waals surface area (Å²) in [4.78, 5) is 68.9. The number of H-pyrrole nitrogens is 1. The maximum Gasteiger partial charge on any atom is 0.244 e. The van der Waals surface area contributed by atoms with Crippen molar-refractivity contribution in [1.82, 2.24) is 31.4 Å². The zero-order valence-electron chi connectivity index (χ0n) is 21.6. The number of hydrogen-bond acceptors (Lipinski definition) is 8. The molecule has 0 aromatic carbocycles. The Kier molecular flexibility index (Phi) is 13.9. The molecule has 1 aromatic heterocycles. The van der Waals surface area contributed by atoms with Gasteiger partial charge in [0.15, 0.2) is 0 Å². The fourth-order valence-electron chi connectivity index (χ4n) is 3.69. The van der Waals surface area contributed by atoms with E-state index in [4.69, 9.17) is 16.7 Å². The van der Waals surface area contributed by atoms with Gasteiger partial charge in [-0.1, -0.05) is 13.8 Å². The molecule has 0 spiro atoms. The fraction of sp³-hybridized carbons (Fsp3) is 0.652. The van der Waals surface area contributed by atoms with Crippen LogP contribution in [0.1, 0.15) is 58.6 Å². The van der Waals surface area contributed by atoms with E-state index in [1.807, 2.05) is 13.8 Å². The summed E-state index contributed by atoms with van der Waals surface area (Å²) in [6.45, 7) is 5.63. The molecule has 4 atom stereocenters. The molecule has 208 valence electrons. The third-order valence-electron chi connectivity index (χ3n) is 5.65.